The van der Waals surface area contributed by atoms with Crippen molar-refractivity contribution in [1.29, 1.82) is 0 Å². The van der Waals surface area contributed by atoms with Crippen LogP contribution in [0.3, 0.4) is 0 Å². The summed E-state index contributed by atoms with van der Waals surface area (Å²) in [6, 6.07) is 0.215. The van der Waals surface area contributed by atoms with Crippen molar-refractivity contribution in [2.45, 2.75) is 26.3 Å². The van der Waals surface area contributed by atoms with Gasteiger partial charge in [0, 0.05) is 12.2 Å². The summed E-state index contributed by atoms with van der Waals surface area (Å²) >= 11 is 0. The number of nitrogens with one attached hydrogen (secondary N) is 2. The average Bonchev–Trinajstić information content (AvgIpc) is 2.56. The molecule has 0 saturated heterocycles. The first-order chi connectivity index (χ1) is 5.74. The molecule has 0 bridgehead atoms. The van der Waals surface area contributed by atoms with Gasteiger partial charge in [-0.2, -0.15) is 5.10 Å². The molecular weight excluding hydrogens is 154 g/mol. The van der Waals surface area contributed by atoms with Gasteiger partial charge >= 0.3 is 0 Å². The zero-order valence-electron chi connectivity index (χ0n) is 7.29. The Hall–Kier alpha value is -1.32. The van der Waals surface area contributed by atoms with Crippen molar-refractivity contribution in [2.24, 2.45) is 0 Å². The van der Waals surface area contributed by atoms with Gasteiger partial charge in [0.05, 0.1) is 11.8 Å². The molecule has 1 rings (SSSR count). The predicted molar refractivity (Wildman–Crippen MR) is 45.8 cm³/mol. The molecule has 66 valence electrons. The van der Waals surface area contributed by atoms with Crippen molar-refractivity contribution in [3.8, 4) is 0 Å². The maximum Gasteiger partial charge on any atom is 0.254 e. The second kappa shape index (κ2) is 3.90. The molecule has 0 radical (unpaired) electrons. The summed E-state index contributed by atoms with van der Waals surface area (Å²) in [6.07, 6.45) is 4.03. The van der Waals surface area contributed by atoms with Crippen LogP contribution in [-0.2, 0) is 0 Å². The number of nitrogens with zero attached hydrogens (tertiary/aromatic N) is 1. The molecule has 0 spiro atoms. The third-order valence-electron chi connectivity index (χ3n) is 1.75. The van der Waals surface area contributed by atoms with E-state index in [0.29, 0.717) is 5.56 Å². The van der Waals surface area contributed by atoms with E-state index in [0.717, 1.165) is 6.42 Å². The molecule has 1 heterocycles. The Kier molecular flexibility index (Phi) is 2.85. The van der Waals surface area contributed by atoms with Gasteiger partial charge in [-0.05, 0) is 13.3 Å². The van der Waals surface area contributed by atoms with E-state index in [1.54, 1.807) is 6.20 Å². The van der Waals surface area contributed by atoms with Crippen molar-refractivity contribution >= 4 is 5.91 Å². The van der Waals surface area contributed by atoms with Crippen molar-refractivity contribution in [3.63, 3.8) is 0 Å². The van der Waals surface area contributed by atoms with E-state index in [-0.39, 0.29) is 11.9 Å². The summed E-state index contributed by atoms with van der Waals surface area (Å²) in [5.74, 6) is -0.0712. The Morgan fingerprint density at radius 1 is 1.83 bits per heavy atom. The smallest absolute Gasteiger partial charge is 0.254 e. The van der Waals surface area contributed by atoms with Crippen molar-refractivity contribution in [1.82, 2.24) is 15.5 Å². The lowest BCUT2D eigenvalue weighted by molar-refractivity contribution is 0.0939. The fraction of sp³-hybridized carbons (Fsp3) is 0.500. The normalized spacial score (nSPS) is 12.5. The summed E-state index contributed by atoms with van der Waals surface area (Å²) in [7, 11) is 0. The Morgan fingerprint density at radius 2 is 2.58 bits per heavy atom. The molecule has 0 saturated carbocycles. The Balaban J connectivity index is 2.50. The second-order valence-electron chi connectivity index (χ2n) is 2.77. The van der Waals surface area contributed by atoms with E-state index in [2.05, 4.69) is 15.5 Å². The van der Waals surface area contributed by atoms with Crippen LogP contribution in [0.5, 0.6) is 0 Å². The topological polar surface area (TPSA) is 57.8 Å². The fourth-order valence-electron chi connectivity index (χ4n) is 0.784. The molecule has 1 unspecified atom stereocenters. The lowest BCUT2D eigenvalue weighted by Gasteiger charge is -2.09. The highest BCUT2D eigenvalue weighted by molar-refractivity contribution is 5.93. The Bertz CT molecular complexity index is 243. The quantitative estimate of drug-likeness (QED) is 0.703. The molecule has 1 atom stereocenters. The molecular formula is C8H13N3O. The second-order valence-corrected chi connectivity index (χ2v) is 2.77. The number of carbonyl (C=O) groups is 1. The SMILES string of the molecule is CCC(C)NC(=O)c1cn[nH]c1. The van der Waals surface area contributed by atoms with Crippen LogP contribution in [0.25, 0.3) is 0 Å². The molecule has 0 aliphatic carbocycles. The fourth-order valence-corrected chi connectivity index (χ4v) is 0.784. The first-order valence-electron chi connectivity index (χ1n) is 4.03. The van der Waals surface area contributed by atoms with Gasteiger partial charge < -0.3 is 5.32 Å². The van der Waals surface area contributed by atoms with Crippen LogP contribution in [0.15, 0.2) is 12.4 Å². The summed E-state index contributed by atoms with van der Waals surface area (Å²) in [5.41, 5.74) is 0.579. The summed E-state index contributed by atoms with van der Waals surface area (Å²) < 4.78 is 0. The van der Waals surface area contributed by atoms with Crippen LogP contribution in [-0.4, -0.2) is 22.1 Å². The standard InChI is InChI=1S/C8H13N3O/c1-3-6(2)11-8(12)7-4-9-10-5-7/h4-6H,3H2,1-2H3,(H,9,10)(H,11,12). The average molecular weight is 167 g/mol. The van der Waals surface area contributed by atoms with Gasteiger partial charge in [-0.25, -0.2) is 0 Å². The van der Waals surface area contributed by atoms with Gasteiger partial charge in [0.25, 0.3) is 5.91 Å². The van der Waals surface area contributed by atoms with Gasteiger partial charge in [-0.1, -0.05) is 6.92 Å². The third kappa shape index (κ3) is 2.08. The zero-order valence-corrected chi connectivity index (χ0v) is 7.29. The van der Waals surface area contributed by atoms with Crippen LogP contribution in [0, 0.1) is 0 Å². The van der Waals surface area contributed by atoms with Crippen molar-refractivity contribution in [3.05, 3.63) is 18.0 Å². The molecule has 1 aromatic heterocycles. The molecule has 0 aliphatic rings. The van der Waals surface area contributed by atoms with E-state index in [1.165, 1.54) is 6.20 Å². The van der Waals surface area contributed by atoms with E-state index in [9.17, 15) is 4.79 Å². The zero-order chi connectivity index (χ0) is 8.97. The van der Waals surface area contributed by atoms with Gasteiger partial charge in [0.15, 0.2) is 0 Å². The molecule has 0 fully saturated rings. The molecule has 4 heteroatoms. The number of rotatable bonds is 3. The number of aromatic amines is 1. The van der Waals surface area contributed by atoms with Crippen LogP contribution in [0.4, 0.5) is 0 Å². The highest BCUT2D eigenvalue weighted by Gasteiger charge is 2.08. The van der Waals surface area contributed by atoms with Crippen molar-refractivity contribution < 1.29 is 4.79 Å². The maximum absolute atomic E-state index is 11.3. The summed E-state index contributed by atoms with van der Waals surface area (Å²) in [4.78, 5) is 11.3. The Morgan fingerprint density at radius 3 is 3.08 bits per heavy atom. The number of aromatic nitrogens is 2. The first kappa shape index (κ1) is 8.77. The number of amides is 1. The highest BCUT2D eigenvalue weighted by Crippen LogP contribution is 1.95. The molecule has 1 amide bonds. The number of hydrogen-bond acceptors (Lipinski definition) is 2. The van der Waals surface area contributed by atoms with Gasteiger partial charge in [0.2, 0.25) is 0 Å². The maximum atomic E-state index is 11.3. The predicted octanol–water partition coefficient (Wildman–Crippen LogP) is 0.938. The van der Waals surface area contributed by atoms with Gasteiger partial charge in [0.1, 0.15) is 0 Å². The number of carbonyl (C=O) groups excluding carboxylic acids is 1. The summed E-state index contributed by atoms with van der Waals surface area (Å²) in [5, 5.41) is 9.11. The molecule has 2 N–H and O–H groups in total. The van der Waals surface area contributed by atoms with Crippen LogP contribution < -0.4 is 5.32 Å². The largest absolute Gasteiger partial charge is 0.350 e. The number of H-pyrrole nitrogens is 1. The third-order valence-corrected chi connectivity index (χ3v) is 1.75. The van der Waals surface area contributed by atoms with E-state index in [1.807, 2.05) is 13.8 Å². The molecule has 0 aliphatic heterocycles. The number of hydrogen-bond donors (Lipinski definition) is 2. The van der Waals surface area contributed by atoms with Crippen LogP contribution in [0.1, 0.15) is 30.6 Å². The monoisotopic (exact) mass is 167 g/mol. The minimum atomic E-state index is -0.0712. The minimum Gasteiger partial charge on any atom is -0.350 e. The highest BCUT2D eigenvalue weighted by atomic mass is 16.1. The van der Waals surface area contributed by atoms with E-state index in [4.69, 9.17) is 0 Å². The van der Waals surface area contributed by atoms with E-state index >= 15 is 0 Å². The lowest BCUT2D eigenvalue weighted by Crippen LogP contribution is -2.31. The molecule has 12 heavy (non-hydrogen) atoms. The molecule has 0 aromatic carbocycles. The van der Waals surface area contributed by atoms with E-state index < -0.39 is 0 Å². The molecule has 1 aromatic rings. The summed E-state index contributed by atoms with van der Waals surface area (Å²) in [6.45, 7) is 4.00. The van der Waals surface area contributed by atoms with Crippen LogP contribution >= 0.6 is 0 Å². The van der Waals surface area contributed by atoms with Gasteiger partial charge in [-0.15, -0.1) is 0 Å². The first-order valence-corrected chi connectivity index (χ1v) is 4.03. The van der Waals surface area contributed by atoms with Crippen LogP contribution in [0.2, 0.25) is 0 Å². The van der Waals surface area contributed by atoms with Gasteiger partial charge in [-0.3, -0.25) is 9.89 Å². The minimum absolute atomic E-state index is 0.0712. The Labute approximate surface area is 71.4 Å². The lowest BCUT2D eigenvalue weighted by atomic mass is 10.2. The molecule has 4 nitrogen and oxygen atoms in total. The van der Waals surface area contributed by atoms with Crippen molar-refractivity contribution in [2.75, 3.05) is 0 Å².